The molecule has 18 heavy (non-hydrogen) atoms. The summed E-state index contributed by atoms with van der Waals surface area (Å²) in [5, 5.41) is 17.6. The van der Waals surface area contributed by atoms with E-state index in [1.807, 2.05) is 26.0 Å². The van der Waals surface area contributed by atoms with Crippen LogP contribution in [0.25, 0.3) is 0 Å². The number of hydrogen-bond acceptors (Lipinski definition) is 5. The molecule has 6 heteroatoms. The van der Waals surface area contributed by atoms with Crippen molar-refractivity contribution in [1.29, 1.82) is 0 Å². The molecule has 0 fully saturated rings. The van der Waals surface area contributed by atoms with Gasteiger partial charge in [-0.25, -0.2) is 9.78 Å². The van der Waals surface area contributed by atoms with Crippen molar-refractivity contribution in [3.05, 3.63) is 41.2 Å². The number of aromatic nitrogens is 3. The number of carbonyl (C=O) groups is 1. The van der Waals surface area contributed by atoms with E-state index in [0.29, 0.717) is 5.03 Å². The minimum Gasteiger partial charge on any atom is -0.476 e. The van der Waals surface area contributed by atoms with Gasteiger partial charge in [0.05, 0.1) is 0 Å². The van der Waals surface area contributed by atoms with Gasteiger partial charge >= 0.3 is 5.97 Å². The van der Waals surface area contributed by atoms with Gasteiger partial charge in [0.2, 0.25) is 0 Å². The molecule has 0 aromatic carbocycles. The fourth-order valence-electron chi connectivity index (χ4n) is 1.45. The van der Waals surface area contributed by atoms with Crippen molar-refractivity contribution in [3.63, 3.8) is 0 Å². The fraction of sp³-hybridized carbons (Fsp3) is 0.167. The van der Waals surface area contributed by atoms with Crippen molar-refractivity contribution in [3.8, 4) is 0 Å². The maximum absolute atomic E-state index is 10.6. The van der Waals surface area contributed by atoms with E-state index >= 15 is 0 Å². The lowest BCUT2D eigenvalue weighted by atomic mass is 10.3. The zero-order chi connectivity index (χ0) is 13.1. The summed E-state index contributed by atoms with van der Waals surface area (Å²) in [6, 6.07) is 6.99. The minimum atomic E-state index is -1.08. The van der Waals surface area contributed by atoms with Gasteiger partial charge in [-0.05, 0) is 55.4 Å². The Labute approximate surface area is 108 Å². The maximum atomic E-state index is 10.6. The molecule has 0 aliphatic rings. The predicted molar refractivity (Wildman–Crippen MR) is 66.8 cm³/mol. The lowest BCUT2D eigenvalue weighted by Crippen LogP contribution is -2.01. The molecule has 2 heterocycles. The number of nitrogens with zero attached hydrogens (tertiary/aromatic N) is 3. The highest BCUT2D eigenvalue weighted by Gasteiger charge is 2.07. The third-order valence-corrected chi connectivity index (χ3v) is 2.99. The Morgan fingerprint density at radius 1 is 1.17 bits per heavy atom. The number of pyridine rings is 1. The largest absolute Gasteiger partial charge is 0.476 e. The topological polar surface area (TPSA) is 76.0 Å². The van der Waals surface area contributed by atoms with Gasteiger partial charge in [-0.2, -0.15) is 0 Å². The molecule has 0 atom stereocenters. The summed E-state index contributed by atoms with van der Waals surface area (Å²) in [6.07, 6.45) is 0. The van der Waals surface area contributed by atoms with E-state index in [2.05, 4.69) is 15.2 Å². The predicted octanol–water partition coefficient (Wildman–Crippen LogP) is 2.34. The van der Waals surface area contributed by atoms with Crippen LogP contribution in [0.2, 0.25) is 0 Å². The summed E-state index contributed by atoms with van der Waals surface area (Å²) in [4.78, 5) is 15.0. The number of aromatic carboxylic acids is 1. The standard InChI is InChI=1S/C12H11N3O2S/c1-7-5-8(2)13-11(6-7)18-10-4-3-9(12(16)17)14-15-10/h3-6H,1-2H3,(H,16,17). The lowest BCUT2D eigenvalue weighted by molar-refractivity contribution is 0.0689. The van der Waals surface area contributed by atoms with E-state index in [0.717, 1.165) is 16.3 Å². The first-order chi connectivity index (χ1) is 8.54. The molecular formula is C12H11N3O2S. The molecule has 0 radical (unpaired) electrons. The average molecular weight is 261 g/mol. The van der Waals surface area contributed by atoms with Crippen molar-refractivity contribution in [2.24, 2.45) is 0 Å². The van der Waals surface area contributed by atoms with Crippen molar-refractivity contribution >= 4 is 17.7 Å². The first-order valence-corrected chi connectivity index (χ1v) is 6.06. The van der Waals surface area contributed by atoms with E-state index in [-0.39, 0.29) is 5.69 Å². The Morgan fingerprint density at radius 2 is 1.94 bits per heavy atom. The number of aryl methyl sites for hydroxylation is 2. The van der Waals surface area contributed by atoms with E-state index in [1.54, 1.807) is 6.07 Å². The van der Waals surface area contributed by atoms with Crippen LogP contribution in [0.1, 0.15) is 21.7 Å². The second-order valence-corrected chi connectivity index (χ2v) is 4.83. The summed E-state index contributed by atoms with van der Waals surface area (Å²) in [6.45, 7) is 3.92. The summed E-state index contributed by atoms with van der Waals surface area (Å²) in [5.41, 5.74) is 2.00. The number of carboxylic acids is 1. The number of rotatable bonds is 3. The van der Waals surface area contributed by atoms with Gasteiger partial charge in [0.25, 0.3) is 0 Å². The first kappa shape index (κ1) is 12.5. The van der Waals surface area contributed by atoms with Gasteiger partial charge in [0, 0.05) is 5.69 Å². The quantitative estimate of drug-likeness (QED) is 0.913. The molecule has 0 spiro atoms. The zero-order valence-electron chi connectivity index (χ0n) is 9.91. The van der Waals surface area contributed by atoms with Crippen molar-refractivity contribution in [1.82, 2.24) is 15.2 Å². The molecular weight excluding hydrogens is 250 g/mol. The molecule has 2 rings (SSSR count). The summed E-state index contributed by atoms with van der Waals surface area (Å²) in [5.74, 6) is -1.08. The highest BCUT2D eigenvalue weighted by atomic mass is 32.2. The highest BCUT2D eigenvalue weighted by Crippen LogP contribution is 2.24. The highest BCUT2D eigenvalue weighted by molar-refractivity contribution is 7.99. The van der Waals surface area contributed by atoms with Crippen LogP contribution in [-0.4, -0.2) is 26.3 Å². The Balaban J connectivity index is 2.20. The Bertz CT molecular complexity index is 564. The van der Waals surface area contributed by atoms with Gasteiger partial charge in [-0.15, -0.1) is 10.2 Å². The van der Waals surface area contributed by atoms with E-state index in [9.17, 15) is 4.79 Å². The average Bonchev–Trinajstić information content (AvgIpc) is 2.28. The van der Waals surface area contributed by atoms with Gasteiger partial charge in [-0.3, -0.25) is 0 Å². The molecule has 5 nitrogen and oxygen atoms in total. The van der Waals surface area contributed by atoms with Crippen LogP contribution in [0.15, 0.2) is 34.3 Å². The molecule has 0 saturated heterocycles. The molecule has 0 unspecified atom stereocenters. The van der Waals surface area contributed by atoms with Crippen LogP contribution in [0.5, 0.6) is 0 Å². The molecule has 92 valence electrons. The summed E-state index contributed by atoms with van der Waals surface area (Å²) >= 11 is 1.36. The molecule has 0 saturated carbocycles. The molecule has 0 bridgehead atoms. The first-order valence-electron chi connectivity index (χ1n) is 5.25. The van der Waals surface area contributed by atoms with Crippen LogP contribution < -0.4 is 0 Å². The third kappa shape index (κ3) is 3.04. The number of carboxylic acid groups (broad SMARTS) is 1. The van der Waals surface area contributed by atoms with E-state index in [1.165, 1.54) is 17.8 Å². The Hall–Kier alpha value is -1.95. The molecule has 0 amide bonds. The maximum Gasteiger partial charge on any atom is 0.356 e. The van der Waals surface area contributed by atoms with Gasteiger partial charge in [-0.1, -0.05) is 0 Å². The van der Waals surface area contributed by atoms with E-state index in [4.69, 9.17) is 5.11 Å². The monoisotopic (exact) mass is 261 g/mol. The third-order valence-electron chi connectivity index (χ3n) is 2.14. The van der Waals surface area contributed by atoms with Crippen LogP contribution >= 0.6 is 11.8 Å². The van der Waals surface area contributed by atoms with E-state index < -0.39 is 5.97 Å². The fourth-order valence-corrected chi connectivity index (χ4v) is 2.32. The minimum absolute atomic E-state index is 0.0623. The summed E-state index contributed by atoms with van der Waals surface area (Å²) < 4.78 is 0. The number of hydrogen-bond donors (Lipinski definition) is 1. The Kier molecular flexibility index (Phi) is 3.57. The molecule has 1 N–H and O–H groups in total. The molecule has 0 aliphatic carbocycles. The lowest BCUT2D eigenvalue weighted by Gasteiger charge is -2.02. The Morgan fingerprint density at radius 3 is 2.50 bits per heavy atom. The van der Waals surface area contributed by atoms with Crippen LogP contribution in [0.3, 0.4) is 0 Å². The second-order valence-electron chi connectivity index (χ2n) is 3.79. The van der Waals surface area contributed by atoms with Gasteiger partial charge in [0.1, 0.15) is 10.1 Å². The van der Waals surface area contributed by atoms with Crippen LogP contribution in [-0.2, 0) is 0 Å². The van der Waals surface area contributed by atoms with Crippen molar-refractivity contribution < 1.29 is 9.90 Å². The van der Waals surface area contributed by atoms with Crippen molar-refractivity contribution in [2.45, 2.75) is 23.9 Å². The zero-order valence-corrected chi connectivity index (χ0v) is 10.7. The van der Waals surface area contributed by atoms with Gasteiger partial charge in [0.15, 0.2) is 5.69 Å². The second kappa shape index (κ2) is 5.14. The van der Waals surface area contributed by atoms with Crippen molar-refractivity contribution in [2.75, 3.05) is 0 Å². The summed E-state index contributed by atoms with van der Waals surface area (Å²) in [7, 11) is 0. The molecule has 2 aromatic heterocycles. The normalized spacial score (nSPS) is 10.3. The molecule has 0 aliphatic heterocycles. The van der Waals surface area contributed by atoms with Crippen LogP contribution in [0.4, 0.5) is 0 Å². The molecule has 2 aromatic rings. The van der Waals surface area contributed by atoms with Crippen LogP contribution in [0, 0.1) is 13.8 Å². The van der Waals surface area contributed by atoms with Gasteiger partial charge < -0.3 is 5.11 Å². The SMILES string of the molecule is Cc1cc(C)nc(Sc2ccc(C(=O)O)nn2)c1. The smallest absolute Gasteiger partial charge is 0.356 e.